The zero-order valence-corrected chi connectivity index (χ0v) is 49.4. The molecule has 0 aliphatic carbocycles. The Morgan fingerprint density at radius 3 is 1.33 bits per heavy atom. The van der Waals surface area contributed by atoms with Crippen molar-refractivity contribution in [2.45, 2.75) is 25.7 Å². The maximum absolute atomic E-state index is 14.1. The van der Waals surface area contributed by atoms with E-state index in [1.54, 1.807) is 167 Å². The summed E-state index contributed by atoms with van der Waals surface area (Å²) >= 11 is 5.77. The summed E-state index contributed by atoms with van der Waals surface area (Å²) in [5.74, 6) is 5.85. The van der Waals surface area contributed by atoms with Crippen LogP contribution < -0.4 is 17.3 Å². The monoisotopic (exact) mass is 1280 g/mol. The number of hydrogen-bond acceptors (Lipinski definition) is 17. The topological polar surface area (TPSA) is 348 Å². The Balaban J connectivity index is 0.000000114. The third-order valence-corrected chi connectivity index (χ3v) is 14.5. The van der Waals surface area contributed by atoms with Crippen molar-refractivity contribution in [1.29, 1.82) is 0 Å². The highest BCUT2D eigenvalue weighted by molar-refractivity contribution is 6.28. The zero-order chi connectivity index (χ0) is 64.7. The molecule has 466 valence electrons. The first-order valence-corrected chi connectivity index (χ1v) is 28.7. The zero-order valence-electron chi connectivity index (χ0n) is 48.6. The molecule has 4 aromatic carbocycles. The fraction of sp³-hybridized carbons (Fsp3) is 0.0645. The normalized spacial score (nSPS) is 11.4. The Morgan fingerprint density at radius 1 is 0.479 bits per heavy atom. The maximum Gasteiger partial charge on any atom is 0.340 e. The predicted octanol–water partition coefficient (Wildman–Crippen LogP) is 7.90. The molecule has 0 aliphatic heterocycles. The quantitative estimate of drug-likeness (QED) is 0.0210. The van der Waals surface area contributed by atoms with Crippen molar-refractivity contribution < 1.29 is 17.6 Å². The average Bonchev–Trinajstić information content (AvgIpc) is 1.68. The van der Waals surface area contributed by atoms with Crippen molar-refractivity contribution in [3.05, 3.63) is 280 Å². The van der Waals surface area contributed by atoms with E-state index < -0.39 is 5.69 Å². The Kier molecular flexibility index (Phi) is 17.0. The highest BCUT2D eigenvalue weighted by Crippen LogP contribution is 2.24. The Bertz CT molecular complexity index is 5410. The Hall–Kier alpha value is -12.9. The third-order valence-electron chi connectivity index (χ3n) is 14.3. The molecule has 0 atom stereocenters. The van der Waals surface area contributed by atoms with Crippen LogP contribution in [0.15, 0.2) is 200 Å². The molecule has 0 radical (unpaired) electrons. The van der Waals surface area contributed by atoms with Crippen LogP contribution in [0.3, 0.4) is 0 Å². The van der Waals surface area contributed by atoms with Gasteiger partial charge in [0.2, 0.25) is 11.1 Å². The van der Waals surface area contributed by atoms with E-state index in [0.717, 1.165) is 0 Å². The summed E-state index contributed by atoms with van der Waals surface area (Å²) in [6.45, 7) is 0. The molecule has 27 nitrogen and oxygen atoms in total. The van der Waals surface area contributed by atoms with Crippen molar-refractivity contribution in [3.63, 3.8) is 0 Å². The number of nitrogens with zero attached hydrogens (tertiary/aromatic N) is 20. The van der Waals surface area contributed by atoms with Crippen molar-refractivity contribution in [2.24, 2.45) is 16.7 Å². The molecule has 12 aromatic heterocycles. The molecular weight excluding hydrogens is 1240 g/mol. The number of nitrogens with two attached hydrogens (primary N) is 2. The van der Waals surface area contributed by atoms with Gasteiger partial charge >= 0.3 is 5.69 Å². The van der Waals surface area contributed by atoms with Gasteiger partial charge in [-0.3, -0.25) is 14.6 Å². The Morgan fingerprint density at radius 2 is 0.915 bits per heavy atom. The largest absolute Gasteiger partial charge is 0.380 e. The summed E-state index contributed by atoms with van der Waals surface area (Å²) in [6, 6.07) is 26.3. The van der Waals surface area contributed by atoms with Crippen LogP contribution in [-0.4, -0.2) is 118 Å². The van der Waals surface area contributed by atoms with E-state index in [9.17, 15) is 22.4 Å². The molecule has 16 rings (SSSR count). The number of rotatable bonds is 13. The maximum atomic E-state index is 14.1. The molecule has 0 bridgehead atoms. The second kappa shape index (κ2) is 26.6. The summed E-state index contributed by atoms with van der Waals surface area (Å²) in [5.41, 5.74) is 14.6. The van der Waals surface area contributed by atoms with Crippen LogP contribution in [0.4, 0.5) is 17.6 Å². The van der Waals surface area contributed by atoms with Gasteiger partial charge in [0.1, 0.15) is 52.4 Å². The number of imidazole rings is 5. The fourth-order valence-corrected chi connectivity index (χ4v) is 10.0. The average molecular weight is 1280 g/mol. The van der Waals surface area contributed by atoms with Crippen LogP contribution in [0.2, 0.25) is 5.28 Å². The van der Waals surface area contributed by atoms with Gasteiger partial charge in [-0.2, -0.15) is 25.3 Å². The number of H-pyrrole nitrogens is 4. The molecule has 0 saturated carbocycles. The lowest BCUT2D eigenvalue weighted by Crippen LogP contribution is -2.19. The van der Waals surface area contributed by atoms with Crippen molar-refractivity contribution in [3.8, 4) is 40.5 Å². The lowest BCUT2D eigenvalue weighted by atomic mass is 10.1. The van der Waals surface area contributed by atoms with Gasteiger partial charge < -0.3 is 29.2 Å². The molecule has 0 unspecified atom stereocenters. The summed E-state index contributed by atoms with van der Waals surface area (Å²) in [4.78, 5) is 61.5. The second-order valence-corrected chi connectivity index (χ2v) is 20.8. The highest BCUT2D eigenvalue weighted by Gasteiger charge is 2.19. The number of benzene rings is 4. The van der Waals surface area contributed by atoms with Crippen LogP contribution in [-0.2, 0) is 25.7 Å². The molecule has 32 heteroatoms. The van der Waals surface area contributed by atoms with Gasteiger partial charge in [0.15, 0.2) is 40.1 Å². The number of hydrogen-bond donors (Lipinski definition) is 6. The summed E-state index contributed by atoms with van der Waals surface area (Å²) in [5, 5.41) is 23.5. The molecule has 0 saturated heterocycles. The summed E-state index contributed by atoms with van der Waals surface area (Å²) in [7, 11) is 0. The van der Waals surface area contributed by atoms with Gasteiger partial charge in [0.05, 0.1) is 22.8 Å². The molecule has 12 heterocycles. The molecule has 0 fully saturated rings. The lowest BCUT2D eigenvalue weighted by Gasteiger charge is -2.07. The first-order chi connectivity index (χ1) is 45.9. The van der Waals surface area contributed by atoms with E-state index in [4.69, 9.17) is 23.2 Å². The number of fused-ring (bicyclic) bond motifs is 4. The van der Waals surface area contributed by atoms with E-state index in [1.165, 1.54) is 24.3 Å². The van der Waals surface area contributed by atoms with Gasteiger partial charge in [0, 0.05) is 112 Å². The van der Waals surface area contributed by atoms with Crippen molar-refractivity contribution in [2.75, 3.05) is 0 Å². The number of halogens is 5. The number of amidine groups is 1. The lowest BCUT2D eigenvalue weighted by molar-refractivity contribution is 0.613. The van der Waals surface area contributed by atoms with Crippen LogP contribution in [0, 0.1) is 23.3 Å². The number of nitrogens with one attached hydrogen (secondary N) is 4. The van der Waals surface area contributed by atoms with Crippen molar-refractivity contribution in [1.82, 2.24) is 113 Å². The summed E-state index contributed by atoms with van der Waals surface area (Å²) < 4.78 is 64.6. The minimum absolute atomic E-state index is 0.111. The van der Waals surface area contributed by atoms with Gasteiger partial charge in [-0.1, -0.05) is 72.8 Å². The number of hydrazone groups is 1. The van der Waals surface area contributed by atoms with E-state index in [-0.39, 0.29) is 40.8 Å². The first kappa shape index (κ1) is 60.0. The molecule has 8 N–H and O–H groups in total. The van der Waals surface area contributed by atoms with Gasteiger partial charge in [0.25, 0.3) is 5.95 Å². The molecule has 0 aliphatic rings. The van der Waals surface area contributed by atoms with Crippen LogP contribution in [0.5, 0.6) is 0 Å². The highest BCUT2D eigenvalue weighted by atomic mass is 35.5. The SMILES string of the molecule is Fc1ccccc1Cc1nc(-c2n[nH]c(Cl)n2)cn2ccnc12.Fc1ccccc1Cc1nc(-c2nc(-n3ccnc3)n[nH]2)cn2ccnc12.NN=C(N)c1cn2ccnc2c(Cc2ccccc2F)n1.O=c1[nH]nc(-c2cn3ccnc3c(Cc3ccccc3F)n2)[nH]1. The molecule has 94 heavy (non-hydrogen) atoms. The number of aromatic nitrogens is 23. The summed E-state index contributed by atoms with van der Waals surface area (Å²) in [6.07, 6.45) is 27.0. The van der Waals surface area contributed by atoms with E-state index in [1.807, 2.05) is 21.2 Å². The molecular formula is C62H47ClF4N26O. The van der Waals surface area contributed by atoms with Crippen LogP contribution >= 0.6 is 11.6 Å². The van der Waals surface area contributed by atoms with Crippen molar-refractivity contribution >= 4 is 40.0 Å². The van der Waals surface area contributed by atoms with Gasteiger partial charge in [-0.05, 0) is 58.1 Å². The van der Waals surface area contributed by atoms with Gasteiger partial charge in [-0.15, -0.1) is 5.10 Å². The smallest absolute Gasteiger partial charge is 0.340 e. The number of aromatic amines is 4. The minimum atomic E-state index is -0.414. The third kappa shape index (κ3) is 13.2. The molecule has 0 amide bonds. The molecule has 0 spiro atoms. The predicted molar refractivity (Wildman–Crippen MR) is 335 cm³/mol. The van der Waals surface area contributed by atoms with Crippen LogP contribution in [0.1, 0.15) is 50.7 Å². The van der Waals surface area contributed by atoms with E-state index in [2.05, 4.69) is 95.5 Å². The van der Waals surface area contributed by atoms with Gasteiger partial charge in [-0.25, -0.2) is 77.4 Å². The van der Waals surface area contributed by atoms with E-state index in [0.29, 0.717) is 133 Å². The standard InChI is InChI=1S/C18H13FN8.C15H10ClFN6.C15H11FN6O.C14H13FN6/c19-13-4-2-1-3-12(13)9-14-17-21-6-8-26(17)10-15(22-14)16-23-18(25-24-16)27-7-5-20-11-27;16-15-20-13(21-22-15)12-8-23-6-5-18-14(23)11(19-12)7-9-3-1-2-4-10(9)17;16-10-4-2-1-3-9(10)7-11-14-17-5-6-22(14)8-12(18-11)13-19-15(23)21-20-13;15-10-4-2-1-3-9(10)7-11-14-18-5-6-21(14)8-12(19-11)13(16)20-17/h1-8,10-11H,9H2,(H,23,24,25);1-6,8H,7H2,(H,20,21,22);1-6,8H,7H2,(H2,19,20,21,23);1-6,8H,7,17H2,(H2,16,20). The molecule has 16 aromatic rings. The van der Waals surface area contributed by atoms with E-state index >= 15 is 0 Å². The van der Waals surface area contributed by atoms with Crippen LogP contribution in [0.25, 0.3) is 63.1 Å². The first-order valence-electron chi connectivity index (χ1n) is 28.3. The Labute approximate surface area is 530 Å². The second-order valence-electron chi connectivity index (χ2n) is 20.4. The fourth-order valence-electron chi connectivity index (χ4n) is 9.88. The minimum Gasteiger partial charge on any atom is -0.380 e.